The summed E-state index contributed by atoms with van der Waals surface area (Å²) in [6.07, 6.45) is 0.969. The van der Waals surface area contributed by atoms with Gasteiger partial charge in [-0.05, 0) is 30.2 Å². The number of hydrogen-bond acceptors (Lipinski definition) is 3. The van der Waals surface area contributed by atoms with E-state index in [-0.39, 0.29) is 12.0 Å². The zero-order valence-corrected chi connectivity index (χ0v) is 17.9. The average Bonchev–Trinajstić information content (AvgIpc) is 3.18. The number of carbonyl (C=O) groups is 1. The van der Waals surface area contributed by atoms with Gasteiger partial charge in [-0.15, -0.1) is 0 Å². The van der Waals surface area contributed by atoms with Crippen LogP contribution in [0.25, 0.3) is 10.9 Å². The third-order valence-corrected chi connectivity index (χ3v) is 6.56. The summed E-state index contributed by atoms with van der Waals surface area (Å²) in [6, 6.07) is 16.2. The molecule has 2 aliphatic heterocycles. The first-order chi connectivity index (χ1) is 14.6. The van der Waals surface area contributed by atoms with Crippen LogP contribution in [0.5, 0.6) is 5.75 Å². The maximum absolute atomic E-state index is 13.5. The van der Waals surface area contributed by atoms with Crippen LogP contribution in [0, 0.1) is 0 Å². The molecule has 0 spiro atoms. The van der Waals surface area contributed by atoms with Crippen LogP contribution in [0.2, 0.25) is 5.02 Å². The predicted molar refractivity (Wildman–Crippen MR) is 119 cm³/mol. The Labute approximate surface area is 181 Å². The Bertz CT molecular complexity index is 1070. The molecule has 3 aromatic rings. The van der Waals surface area contributed by atoms with E-state index in [9.17, 15) is 4.79 Å². The third kappa shape index (κ3) is 3.46. The highest BCUT2D eigenvalue weighted by molar-refractivity contribution is 6.36. The van der Waals surface area contributed by atoms with E-state index < -0.39 is 0 Å². The summed E-state index contributed by atoms with van der Waals surface area (Å²) in [7, 11) is 0. The summed E-state index contributed by atoms with van der Waals surface area (Å²) in [5.74, 6) is 0.906. The van der Waals surface area contributed by atoms with Crippen LogP contribution < -0.4 is 4.74 Å². The molecule has 0 aliphatic carbocycles. The molecule has 30 heavy (non-hydrogen) atoms. The Morgan fingerprint density at radius 2 is 1.87 bits per heavy atom. The van der Waals surface area contributed by atoms with Crippen molar-refractivity contribution < 1.29 is 9.53 Å². The summed E-state index contributed by atoms with van der Waals surface area (Å²) < 4.78 is 8.22. The molecule has 2 aliphatic rings. The van der Waals surface area contributed by atoms with Crippen LogP contribution >= 0.6 is 11.6 Å². The van der Waals surface area contributed by atoms with Crippen LogP contribution in [-0.2, 0) is 13.1 Å². The number of halogens is 1. The summed E-state index contributed by atoms with van der Waals surface area (Å²) in [5, 5.41) is 1.56. The molecule has 5 nitrogen and oxygen atoms in total. The fraction of sp³-hybridized carbons (Fsp3) is 0.375. The molecule has 2 aromatic carbocycles. The van der Waals surface area contributed by atoms with E-state index in [2.05, 4.69) is 40.7 Å². The van der Waals surface area contributed by atoms with Crippen LogP contribution in [0.1, 0.15) is 29.4 Å². The minimum atomic E-state index is 0.0727. The van der Waals surface area contributed by atoms with E-state index in [1.165, 1.54) is 5.56 Å². The second-order valence-corrected chi connectivity index (χ2v) is 8.56. The normalized spacial score (nSPS) is 19.1. The Balaban J connectivity index is 1.36. The lowest BCUT2D eigenvalue weighted by atomic mass is 10.2. The molecular formula is C24H26ClN3O2. The monoisotopic (exact) mass is 423 g/mol. The number of amides is 1. The first kappa shape index (κ1) is 19.5. The highest BCUT2D eigenvalue weighted by Gasteiger charge is 2.30. The zero-order valence-electron chi connectivity index (χ0n) is 17.2. The molecule has 1 aromatic heterocycles. The molecule has 1 atom stereocenters. The van der Waals surface area contributed by atoms with Gasteiger partial charge in [-0.1, -0.05) is 48.9 Å². The summed E-state index contributed by atoms with van der Waals surface area (Å²) >= 11 is 6.45. The van der Waals surface area contributed by atoms with Crippen molar-refractivity contribution in [2.75, 3.05) is 26.2 Å². The predicted octanol–water partition coefficient (Wildman–Crippen LogP) is 4.42. The average molecular weight is 424 g/mol. The Hall–Kier alpha value is -2.50. The topological polar surface area (TPSA) is 37.7 Å². The first-order valence-corrected chi connectivity index (χ1v) is 11.1. The lowest BCUT2D eigenvalue weighted by Crippen LogP contribution is -2.48. The number of hydrogen-bond donors (Lipinski definition) is 0. The molecule has 5 rings (SSSR count). The quantitative estimate of drug-likeness (QED) is 0.623. The number of nitrogens with zero attached hydrogens (tertiary/aromatic N) is 3. The Morgan fingerprint density at radius 3 is 2.60 bits per heavy atom. The van der Waals surface area contributed by atoms with Gasteiger partial charge in [0.25, 0.3) is 5.91 Å². The number of benzene rings is 2. The molecule has 3 heterocycles. The van der Waals surface area contributed by atoms with Crippen molar-refractivity contribution >= 4 is 28.4 Å². The van der Waals surface area contributed by atoms with Gasteiger partial charge in [0.15, 0.2) is 0 Å². The summed E-state index contributed by atoms with van der Waals surface area (Å²) in [5.41, 5.74) is 2.98. The Morgan fingerprint density at radius 1 is 1.10 bits per heavy atom. The SMILES string of the molecule is CC[C@@H]1Cn2c(C(=O)N3CCN(Cc4ccccc4)CC3)cc3c(Cl)ccc(c32)O1. The van der Waals surface area contributed by atoms with Crippen molar-refractivity contribution in [1.82, 2.24) is 14.4 Å². The fourth-order valence-corrected chi connectivity index (χ4v) is 4.73. The van der Waals surface area contributed by atoms with E-state index in [0.29, 0.717) is 11.6 Å². The molecule has 1 fully saturated rings. The standard InChI is InChI=1S/C24H26ClN3O2/c1-2-18-16-28-21(14-19-20(25)8-9-22(30-18)23(19)28)24(29)27-12-10-26(11-13-27)15-17-6-4-3-5-7-17/h3-9,14,18H,2,10-13,15-16H2,1H3/t18-/m1/s1. The molecule has 6 heteroatoms. The van der Waals surface area contributed by atoms with Gasteiger partial charge in [0.05, 0.1) is 17.1 Å². The van der Waals surface area contributed by atoms with Gasteiger partial charge in [0, 0.05) is 38.1 Å². The fourth-order valence-electron chi connectivity index (χ4n) is 4.52. The van der Waals surface area contributed by atoms with E-state index in [1.807, 2.05) is 29.2 Å². The molecule has 1 amide bonds. The van der Waals surface area contributed by atoms with Crippen molar-refractivity contribution in [2.45, 2.75) is 32.5 Å². The number of carbonyl (C=O) groups excluding carboxylic acids is 1. The molecule has 0 unspecified atom stereocenters. The van der Waals surface area contributed by atoms with Crippen LogP contribution in [0.15, 0.2) is 48.5 Å². The number of ether oxygens (including phenoxy) is 1. The molecular weight excluding hydrogens is 398 g/mol. The minimum Gasteiger partial charge on any atom is -0.486 e. The molecule has 0 N–H and O–H groups in total. The Kier molecular flexibility index (Phi) is 5.17. The van der Waals surface area contributed by atoms with Gasteiger partial charge in [0.1, 0.15) is 17.5 Å². The van der Waals surface area contributed by atoms with E-state index >= 15 is 0 Å². The van der Waals surface area contributed by atoms with Crippen molar-refractivity contribution in [1.29, 1.82) is 0 Å². The van der Waals surface area contributed by atoms with Gasteiger partial charge in [-0.2, -0.15) is 0 Å². The largest absolute Gasteiger partial charge is 0.486 e. The van der Waals surface area contributed by atoms with Crippen LogP contribution in [0.4, 0.5) is 0 Å². The van der Waals surface area contributed by atoms with Crippen molar-refractivity contribution in [3.8, 4) is 5.75 Å². The third-order valence-electron chi connectivity index (χ3n) is 6.23. The lowest BCUT2D eigenvalue weighted by molar-refractivity contribution is 0.0613. The van der Waals surface area contributed by atoms with Gasteiger partial charge in [-0.25, -0.2) is 0 Å². The second kappa shape index (κ2) is 7.97. The zero-order chi connectivity index (χ0) is 20.7. The maximum Gasteiger partial charge on any atom is 0.270 e. The molecule has 0 saturated carbocycles. The summed E-state index contributed by atoms with van der Waals surface area (Å²) in [6.45, 7) is 6.96. The summed E-state index contributed by atoms with van der Waals surface area (Å²) in [4.78, 5) is 17.8. The molecule has 0 radical (unpaired) electrons. The molecule has 0 bridgehead atoms. The van der Waals surface area contributed by atoms with Crippen LogP contribution in [-0.4, -0.2) is 52.6 Å². The van der Waals surface area contributed by atoms with Gasteiger partial charge in [-0.3, -0.25) is 9.69 Å². The highest BCUT2D eigenvalue weighted by atomic mass is 35.5. The van der Waals surface area contributed by atoms with Crippen molar-refractivity contribution in [2.24, 2.45) is 0 Å². The van der Waals surface area contributed by atoms with Crippen molar-refractivity contribution in [3.05, 3.63) is 64.8 Å². The molecule has 1 saturated heterocycles. The lowest BCUT2D eigenvalue weighted by Gasteiger charge is -2.35. The first-order valence-electron chi connectivity index (χ1n) is 10.7. The maximum atomic E-state index is 13.5. The number of rotatable bonds is 4. The number of aromatic nitrogens is 1. The van der Waals surface area contributed by atoms with Gasteiger partial charge in [0.2, 0.25) is 0 Å². The smallest absolute Gasteiger partial charge is 0.270 e. The second-order valence-electron chi connectivity index (χ2n) is 8.15. The van der Waals surface area contributed by atoms with Crippen LogP contribution in [0.3, 0.4) is 0 Å². The van der Waals surface area contributed by atoms with Gasteiger partial charge >= 0.3 is 0 Å². The van der Waals surface area contributed by atoms with Gasteiger partial charge < -0.3 is 14.2 Å². The van der Waals surface area contributed by atoms with E-state index in [4.69, 9.17) is 16.3 Å². The minimum absolute atomic E-state index is 0.0727. The van der Waals surface area contributed by atoms with E-state index in [0.717, 1.165) is 61.5 Å². The van der Waals surface area contributed by atoms with Crippen molar-refractivity contribution in [3.63, 3.8) is 0 Å². The highest BCUT2D eigenvalue weighted by Crippen LogP contribution is 2.38. The van der Waals surface area contributed by atoms with E-state index in [1.54, 1.807) is 0 Å². The molecule has 156 valence electrons. The number of piperazine rings is 1.